The summed E-state index contributed by atoms with van der Waals surface area (Å²) in [7, 11) is -3.46. The Morgan fingerprint density at radius 1 is 1.46 bits per heavy atom. The topological polar surface area (TPSA) is 71.4 Å². The van der Waals surface area contributed by atoms with Crippen LogP contribution in [0.2, 0.25) is 0 Å². The molecular weight excluding hydrogens is 206 g/mol. The van der Waals surface area contributed by atoms with Gasteiger partial charge in [-0.25, -0.2) is 13.2 Å². The Kier molecular flexibility index (Phi) is 2.31. The molecule has 76 valence electrons. The molecule has 0 amide bonds. The van der Waals surface area contributed by atoms with E-state index in [0.29, 0.717) is 0 Å². The van der Waals surface area contributed by atoms with Gasteiger partial charge in [0, 0.05) is 5.92 Å². The average Bonchev–Trinajstić information content (AvgIpc) is 2.30. The summed E-state index contributed by atoms with van der Waals surface area (Å²) in [6, 6.07) is 0. The fourth-order valence-electron chi connectivity index (χ4n) is 1.26. The minimum Gasteiger partial charge on any atom is -0.477 e. The van der Waals surface area contributed by atoms with Crippen LogP contribution in [0.5, 0.6) is 0 Å². The molecule has 1 rings (SSSR count). The molecule has 0 bridgehead atoms. The van der Waals surface area contributed by atoms with Crippen molar-refractivity contribution in [3.63, 3.8) is 0 Å². The van der Waals surface area contributed by atoms with Gasteiger partial charge in [-0.2, -0.15) is 8.78 Å². The van der Waals surface area contributed by atoms with Crippen LogP contribution in [0.25, 0.3) is 0 Å². The molecule has 0 aromatic rings. The van der Waals surface area contributed by atoms with Gasteiger partial charge in [-0.1, -0.05) is 0 Å². The first-order valence-electron chi connectivity index (χ1n) is 3.57. The van der Waals surface area contributed by atoms with E-state index in [1.807, 2.05) is 0 Å². The number of hydrogen-bond acceptors (Lipinski definition) is 3. The van der Waals surface area contributed by atoms with E-state index in [1.54, 1.807) is 0 Å². The minimum atomic E-state index is -3.93. The van der Waals surface area contributed by atoms with E-state index in [-0.39, 0.29) is 12.2 Å². The summed E-state index contributed by atoms with van der Waals surface area (Å²) in [5.41, 5.74) is 0. The van der Waals surface area contributed by atoms with Gasteiger partial charge in [-0.3, -0.25) is 0 Å². The minimum absolute atomic E-state index is 0.276. The van der Waals surface area contributed by atoms with E-state index in [2.05, 4.69) is 0 Å². The van der Waals surface area contributed by atoms with Gasteiger partial charge in [0.05, 0.1) is 11.5 Å². The molecule has 0 radical (unpaired) electrons. The van der Waals surface area contributed by atoms with Gasteiger partial charge in [0.1, 0.15) is 0 Å². The SMILES string of the molecule is O=C(O)C(F)(F)C1CCS(=O)(=O)C1. The number of aliphatic carboxylic acids is 1. The highest BCUT2D eigenvalue weighted by Gasteiger charge is 2.51. The maximum Gasteiger partial charge on any atom is 0.374 e. The van der Waals surface area contributed by atoms with Gasteiger partial charge < -0.3 is 5.11 Å². The molecular formula is C6H8F2O4S. The van der Waals surface area contributed by atoms with Crippen LogP contribution in [-0.4, -0.2) is 36.9 Å². The number of sulfone groups is 1. The maximum absolute atomic E-state index is 12.7. The highest BCUT2D eigenvalue weighted by atomic mass is 32.2. The summed E-state index contributed by atoms with van der Waals surface area (Å²) in [4.78, 5) is 10.1. The van der Waals surface area contributed by atoms with E-state index in [0.717, 1.165) is 0 Å². The highest BCUT2D eigenvalue weighted by Crippen LogP contribution is 2.33. The van der Waals surface area contributed by atoms with Crippen molar-refractivity contribution < 1.29 is 27.1 Å². The molecule has 1 heterocycles. The van der Waals surface area contributed by atoms with Gasteiger partial charge >= 0.3 is 11.9 Å². The summed E-state index contributed by atoms with van der Waals surface area (Å²) in [6.07, 6.45) is -0.276. The van der Waals surface area contributed by atoms with Crippen molar-refractivity contribution >= 4 is 15.8 Å². The number of carbonyl (C=O) groups is 1. The number of carboxylic acids is 1. The third kappa shape index (κ3) is 1.96. The van der Waals surface area contributed by atoms with Crippen LogP contribution in [0.4, 0.5) is 8.78 Å². The van der Waals surface area contributed by atoms with Crippen LogP contribution in [0.15, 0.2) is 0 Å². The molecule has 1 atom stereocenters. The van der Waals surface area contributed by atoms with Crippen molar-refractivity contribution in [2.45, 2.75) is 12.3 Å². The molecule has 4 nitrogen and oxygen atoms in total. The molecule has 0 aliphatic carbocycles. The average molecular weight is 214 g/mol. The van der Waals surface area contributed by atoms with Crippen LogP contribution >= 0.6 is 0 Å². The third-order valence-electron chi connectivity index (χ3n) is 2.03. The summed E-state index contributed by atoms with van der Waals surface area (Å²) in [5.74, 6) is -8.83. The van der Waals surface area contributed by atoms with Crippen LogP contribution in [0.1, 0.15) is 6.42 Å². The molecule has 0 spiro atoms. The van der Waals surface area contributed by atoms with E-state index >= 15 is 0 Å². The lowest BCUT2D eigenvalue weighted by atomic mass is 10.0. The first-order chi connectivity index (χ1) is 5.76. The van der Waals surface area contributed by atoms with Crippen molar-refractivity contribution in [1.29, 1.82) is 0 Å². The zero-order chi connectivity index (χ0) is 10.3. The largest absolute Gasteiger partial charge is 0.477 e. The highest BCUT2D eigenvalue weighted by molar-refractivity contribution is 7.91. The summed E-state index contributed by atoms with van der Waals surface area (Å²) in [5, 5.41) is 8.13. The smallest absolute Gasteiger partial charge is 0.374 e. The monoisotopic (exact) mass is 214 g/mol. The number of rotatable bonds is 2. The van der Waals surface area contributed by atoms with Crippen LogP contribution in [0, 0.1) is 5.92 Å². The Morgan fingerprint density at radius 2 is 2.00 bits per heavy atom. The van der Waals surface area contributed by atoms with E-state index < -0.39 is 33.4 Å². The Bertz CT molecular complexity index is 322. The Hall–Kier alpha value is -0.720. The van der Waals surface area contributed by atoms with Gasteiger partial charge in [0.25, 0.3) is 0 Å². The zero-order valence-electron chi connectivity index (χ0n) is 6.53. The Labute approximate surface area is 73.5 Å². The van der Waals surface area contributed by atoms with Gasteiger partial charge in [0.15, 0.2) is 9.84 Å². The fourth-order valence-corrected chi connectivity index (χ4v) is 3.05. The lowest BCUT2D eigenvalue weighted by Crippen LogP contribution is -2.37. The third-order valence-corrected chi connectivity index (χ3v) is 3.80. The van der Waals surface area contributed by atoms with Crippen LogP contribution in [0.3, 0.4) is 0 Å². The second-order valence-electron chi connectivity index (χ2n) is 3.03. The van der Waals surface area contributed by atoms with Gasteiger partial charge in [-0.15, -0.1) is 0 Å². The second-order valence-corrected chi connectivity index (χ2v) is 5.26. The fraction of sp³-hybridized carbons (Fsp3) is 0.833. The molecule has 7 heteroatoms. The molecule has 0 aromatic heterocycles. The van der Waals surface area contributed by atoms with E-state index in [1.165, 1.54) is 0 Å². The van der Waals surface area contributed by atoms with Gasteiger partial charge in [-0.05, 0) is 6.42 Å². The predicted octanol–water partition coefficient (Wildman–Crippen LogP) is 0.141. The van der Waals surface area contributed by atoms with Gasteiger partial charge in [0.2, 0.25) is 0 Å². The molecule has 0 saturated carbocycles. The van der Waals surface area contributed by atoms with Crippen molar-refractivity contribution in [2.75, 3.05) is 11.5 Å². The lowest BCUT2D eigenvalue weighted by molar-refractivity contribution is -0.171. The van der Waals surface area contributed by atoms with Crippen LogP contribution < -0.4 is 0 Å². The van der Waals surface area contributed by atoms with Crippen molar-refractivity contribution in [3.05, 3.63) is 0 Å². The first kappa shape index (κ1) is 10.4. The number of hydrogen-bond donors (Lipinski definition) is 1. The molecule has 1 aliphatic heterocycles. The zero-order valence-corrected chi connectivity index (χ0v) is 7.35. The molecule has 0 aromatic carbocycles. The Balaban J connectivity index is 2.82. The molecule has 13 heavy (non-hydrogen) atoms. The van der Waals surface area contributed by atoms with E-state index in [9.17, 15) is 22.0 Å². The molecule has 1 saturated heterocycles. The number of carboxylic acid groups (broad SMARTS) is 1. The summed E-state index contributed by atoms with van der Waals surface area (Å²) >= 11 is 0. The van der Waals surface area contributed by atoms with E-state index in [4.69, 9.17) is 5.11 Å². The first-order valence-corrected chi connectivity index (χ1v) is 5.39. The van der Waals surface area contributed by atoms with Crippen molar-refractivity contribution in [2.24, 2.45) is 5.92 Å². The van der Waals surface area contributed by atoms with Crippen LogP contribution in [-0.2, 0) is 14.6 Å². The Morgan fingerprint density at radius 3 is 2.31 bits per heavy atom. The second kappa shape index (κ2) is 2.90. The number of halogens is 2. The molecule has 1 aliphatic rings. The molecule has 1 N–H and O–H groups in total. The standard InChI is InChI=1S/C6H8F2O4S/c7-6(8,5(9)10)4-1-2-13(11,12)3-4/h4H,1-3H2,(H,9,10). The predicted molar refractivity (Wildman–Crippen MR) is 39.3 cm³/mol. The van der Waals surface area contributed by atoms with Crippen molar-refractivity contribution in [1.82, 2.24) is 0 Å². The summed E-state index contributed by atoms with van der Waals surface area (Å²) in [6.45, 7) is 0. The summed E-state index contributed by atoms with van der Waals surface area (Å²) < 4.78 is 47.0. The number of alkyl halides is 2. The molecule has 1 fully saturated rings. The van der Waals surface area contributed by atoms with Crippen molar-refractivity contribution in [3.8, 4) is 0 Å². The maximum atomic E-state index is 12.7. The quantitative estimate of drug-likeness (QED) is 0.709. The normalized spacial score (nSPS) is 27.4. The lowest BCUT2D eigenvalue weighted by Gasteiger charge is -2.16. The molecule has 1 unspecified atom stereocenters.